The fraction of sp³-hybridized carbons (Fsp3) is 0.947. The van der Waals surface area contributed by atoms with Crippen LogP contribution in [0.2, 0.25) is 0 Å². The molecule has 0 aliphatic carbocycles. The Morgan fingerprint density at radius 3 is 2.00 bits per heavy atom. The van der Waals surface area contributed by atoms with Crippen molar-refractivity contribution in [2.45, 2.75) is 90.0 Å². The molecule has 1 rings (SSSR count). The number of likely N-dealkylation sites (tertiary alicyclic amines) is 1. The van der Waals surface area contributed by atoms with Gasteiger partial charge in [-0.1, -0.05) is 64.7 Å². The van der Waals surface area contributed by atoms with E-state index >= 15 is 0 Å². The molecule has 0 amide bonds. The summed E-state index contributed by atoms with van der Waals surface area (Å²) in [6, 6.07) is 0.0723. The number of likely N-dealkylation sites (N-methyl/N-ethyl adjacent to an activating group) is 1. The highest BCUT2D eigenvalue weighted by atomic mass is 16.5. The summed E-state index contributed by atoms with van der Waals surface area (Å²) in [6.07, 6.45) is 15.3. The maximum atomic E-state index is 12.1. The van der Waals surface area contributed by atoms with Crippen LogP contribution in [0.3, 0.4) is 0 Å². The molecule has 1 aliphatic heterocycles. The minimum absolute atomic E-state index is 0.0263. The number of hydrogen-bond donors (Lipinski definition) is 0. The third kappa shape index (κ3) is 7.62. The van der Waals surface area contributed by atoms with Crippen molar-refractivity contribution in [1.29, 1.82) is 0 Å². The highest BCUT2D eigenvalue weighted by molar-refractivity contribution is 5.74. The molecule has 0 N–H and O–H groups in total. The number of esters is 1. The molecule has 0 radical (unpaired) electrons. The molecule has 22 heavy (non-hydrogen) atoms. The summed E-state index contributed by atoms with van der Waals surface area (Å²) in [5, 5.41) is 0. The molecule has 0 saturated carbocycles. The van der Waals surface area contributed by atoms with Crippen LogP contribution in [-0.4, -0.2) is 43.7 Å². The van der Waals surface area contributed by atoms with Gasteiger partial charge in [0.1, 0.15) is 0 Å². The van der Waals surface area contributed by atoms with E-state index in [9.17, 15) is 4.79 Å². The van der Waals surface area contributed by atoms with Crippen LogP contribution in [0.15, 0.2) is 0 Å². The Hall–Kier alpha value is -0.570. The van der Waals surface area contributed by atoms with E-state index in [1.165, 1.54) is 57.8 Å². The zero-order chi connectivity index (χ0) is 16.3. The van der Waals surface area contributed by atoms with Crippen molar-refractivity contribution in [2.75, 3.05) is 27.2 Å². The molecule has 1 heterocycles. The maximum Gasteiger partial charge on any atom is 0.364 e. The summed E-state index contributed by atoms with van der Waals surface area (Å²) < 4.78 is 6.28. The number of nitrogens with zero attached hydrogens (tertiary/aromatic N) is 1. The number of quaternary nitrogens is 1. The number of unbranched alkanes of at least 4 members (excludes halogenated alkanes) is 9. The van der Waals surface area contributed by atoms with Gasteiger partial charge in [0.2, 0.25) is 0 Å². The Bertz CT molecular complexity index is 302. The zero-order valence-electron chi connectivity index (χ0n) is 15.2. The van der Waals surface area contributed by atoms with Gasteiger partial charge >= 0.3 is 5.97 Å². The second-order valence-corrected chi connectivity index (χ2v) is 7.51. The predicted molar refractivity (Wildman–Crippen MR) is 92.8 cm³/mol. The van der Waals surface area contributed by atoms with Gasteiger partial charge in [0, 0.05) is 12.8 Å². The largest absolute Gasteiger partial charge is 0.461 e. The zero-order valence-corrected chi connectivity index (χ0v) is 15.2. The van der Waals surface area contributed by atoms with Gasteiger partial charge in [-0.2, -0.15) is 0 Å². The van der Waals surface area contributed by atoms with E-state index in [-0.39, 0.29) is 12.0 Å². The van der Waals surface area contributed by atoms with E-state index < -0.39 is 0 Å². The first kappa shape index (κ1) is 19.5. The summed E-state index contributed by atoms with van der Waals surface area (Å²) in [7, 11) is 4.28. The Labute approximate surface area is 138 Å². The Morgan fingerprint density at radius 2 is 1.50 bits per heavy atom. The second kappa shape index (κ2) is 11.0. The lowest BCUT2D eigenvalue weighted by atomic mass is 10.1. The molecule has 0 bridgehead atoms. The first-order valence-corrected chi connectivity index (χ1v) is 9.57. The van der Waals surface area contributed by atoms with E-state index in [1.807, 2.05) is 0 Å². The fourth-order valence-electron chi connectivity index (χ4n) is 3.46. The molecule has 0 aromatic heterocycles. The second-order valence-electron chi connectivity index (χ2n) is 7.51. The molecule has 1 fully saturated rings. The van der Waals surface area contributed by atoms with Crippen molar-refractivity contribution in [2.24, 2.45) is 0 Å². The molecule has 1 aliphatic rings. The lowest BCUT2D eigenvalue weighted by molar-refractivity contribution is -0.893. The topological polar surface area (TPSA) is 26.3 Å². The van der Waals surface area contributed by atoms with Gasteiger partial charge in [-0.3, -0.25) is 0 Å². The van der Waals surface area contributed by atoms with Gasteiger partial charge in [-0.05, 0) is 6.42 Å². The molecule has 1 unspecified atom stereocenters. The van der Waals surface area contributed by atoms with Crippen LogP contribution in [0.4, 0.5) is 0 Å². The summed E-state index contributed by atoms with van der Waals surface area (Å²) in [5.74, 6) is 0.0263. The van der Waals surface area contributed by atoms with E-state index in [0.717, 1.165) is 30.3 Å². The molecule has 0 spiro atoms. The summed E-state index contributed by atoms with van der Waals surface area (Å²) in [6.45, 7) is 3.98. The minimum Gasteiger partial charge on any atom is -0.461 e. The molecule has 3 heteroatoms. The van der Waals surface area contributed by atoms with E-state index in [4.69, 9.17) is 4.74 Å². The smallest absolute Gasteiger partial charge is 0.364 e. The number of carbonyl (C=O) groups is 1. The van der Waals surface area contributed by atoms with Crippen LogP contribution in [0, 0.1) is 0 Å². The Kier molecular flexibility index (Phi) is 9.77. The highest BCUT2D eigenvalue weighted by Gasteiger charge is 2.40. The molecule has 130 valence electrons. The van der Waals surface area contributed by atoms with E-state index in [2.05, 4.69) is 21.0 Å². The monoisotopic (exact) mass is 312 g/mol. The molecular formula is C19H38NO2+. The average molecular weight is 313 g/mol. The van der Waals surface area contributed by atoms with Gasteiger partial charge in [0.25, 0.3) is 0 Å². The first-order valence-electron chi connectivity index (χ1n) is 9.57. The molecule has 3 nitrogen and oxygen atoms in total. The Morgan fingerprint density at radius 1 is 0.955 bits per heavy atom. The lowest BCUT2D eigenvalue weighted by Gasteiger charge is -2.29. The van der Waals surface area contributed by atoms with Crippen molar-refractivity contribution in [3.05, 3.63) is 0 Å². The van der Waals surface area contributed by atoms with Crippen molar-refractivity contribution >= 4 is 5.97 Å². The van der Waals surface area contributed by atoms with Gasteiger partial charge in [0.15, 0.2) is 6.04 Å². The number of carbonyl (C=O) groups excluding carboxylic acids is 1. The van der Waals surface area contributed by atoms with Crippen molar-refractivity contribution in [3.8, 4) is 0 Å². The summed E-state index contributed by atoms with van der Waals surface area (Å²) in [5.41, 5.74) is 0. The molecule has 0 aromatic rings. The van der Waals surface area contributed by atoms with Crippen molar-refractivity contribution in [1.82, 2.24) is 0 Å². The SMILES string of the molecule is CCCCCCCCCCCCOC(=O)C1CCC[N+]1(C)C. The van der Waals surface area contributed by atoms with Crippen LogP contribution in [-0.2, 0) is 9.53 Å². The Balaban J connectivity index is 1.90. The number of hydrogen-bond acceptors (Lipinski definition) is 2. The third-order valence-corrected chi connectivity index (χ3v) is 5.07. The minimum atomic E-state index is 0.0263. The van der Waals surface area contributed by atoms with Gasteiger partial charge < -0.3 is 9.22 Å². The number of ether oxygens (including phenoxy) is 1. The quantitative estimate of drug-likeness (QED) is 0.297. The normalized spacial score (nSPS) is 20.2. The summed E-state index contributed by atoms with van der Waals surface area (Å²) in [4.78, 5) is 12.1. The standard InChI is InChI=1S/C19H38NO2/c1-4-5-6-7-8-9-10-11-12-13-17-22-19(21)18-15-14-16-20(18,2)3/h18H,4-17H2,1-3H3/q+1. The predicted octanol–water partition coefficient (Wildman–Crippen LogP) is 4.69. The van der Waals surface area contributed by atoms with Gasteiger partial charge in [0.05, 0.1) is 27.2 Å². The van der Waals surface area contributed by atoms with Crippen molar-refractivity contribution in [3.63, 3.8) is 0 Å². The maximum absolute atomic E-state index is 12.1. The van der Waals surface area contributed by atoms with E-state index in [0.29, 0.717) is 6.61 Å². The van der Waals surface area contributed by atoms with Crippen LogP contribution >= 0.6 is 0 Å². The highest BCUT2D eigenvalue weighted by Crippen LogP contribution is 2.23. The molecule has 0 aromatic carbocycles. The molecule has 1 atom stereocenters. The average Bonchev–Trinajstić information content (AvgIpc) is 2.84. The van der Waals surface area contributed by atoms with Crippen LogP contribution in [0.5, 0.6) is 0 Å². The molecule has 1 saturated heterocycles. The van der Waals surface area contributed by atoms with Gasteiger partial charge in [-0.25, -0.2) is 4.79 Å². The van der Waals surface area contributed by atoms with Crippen LogP contribution < -0.4 is 0 Å². The van der Waals surface area contributed by atoms with Crippen LogP contribution in [0.25, 0.3) is 0 Å². The van der Waals surface area contributed by atoms with E-state index in [1.54, 1.807) is 0 Å². The van der Waals surface area contributed by atoms with Crippen molar-refractivity contribution < 1.29 is 14.0 Å². The van der Waals surface area contributed by atoms with Crippen LogP contribution in [0.1, 0.15) is 84.0 Å². The first-order chi connectivity index (χ1) is 10.6. The van der Waals surface area contributed by atoms with Gasteiger partial charge in [-0.15, -0.1) is 0 Å². The third-order valence-electron chi connectivity index (χ3n) is 5.07. The summed E-state index contributed by atoms with van der Waals surface area (Å²) >= 11 is 0. The lowest BCUT2D eigenvalue weighted by Crippen LogP contribution is -2.48. The molecular weight excluding hydrogens is 274 g/mol. The fourth-order valence-corrected chi connectivity index (χ4v) is 3.46. The number of rotatable bonds is 12.